The molecule has 1 heterocycles. The van der Waals surface area contributed by atoms with Gasteiger partial charge in [0, 0.05) is 4.88 Å². The molecule has 2 aliphatic rings. The van der Waals surface area contributed by atoms with Crippen molar-refractivity contribution in [2.75, 3.05) is 5.32 Å². The molecule has 2 aromatic rings. The van der Waals surface area contributed by atoms with E-state index in [-0.39, 0.29) is 5.91 Å². The van der Waals surface area contributed by atoms with Crippen LogP contribution in [0.4, 0.5) is 5.00 Å². The normalized spacial score (nSPS) is 20.9. The number of hydrogen-bond donors (Lipinski definition) is 2. The van der Waals surface area contributed by atoms with Crippen molar-refractivity contribution in [3.63, 3.8) is 0 Å². The number of thiophene rings is 1. The SMILES string of the molecule is C[C@@H]1CCc2c(sc(NC(=O)C3(c4ccccc4)CCCC3)c2C(N)=O)C1. The molecule has 0 unspecified atom stereocenters. The van der Waals surface area contributed by atoms with Crippen molar-refractivity contribution in [3.05, 3.63) is 51.9 Å². The maximum Gasteiger partial charge on any atom is 0.251 e. The number of carbonyl (C=O) groups excluding carboxylic acids is 2. The zero-order chi connectivity index (χ0) is 19.0. The molecule has 0 aliphatic heterocycles. The van der Waals surface area contributed by atoms with Gasteiger partial charge in [0.1, 0.15) is 5.00 Å². The van der Waals surface area contributed by atoms with Crippen LogP contribution in [0.25, 0.3) is 0 Å². The number of amides is 2. The van der Waals surface area contributed by atoms with Gasteiger partial charge in [0.05, 0.1) is 11.0 Å². The van der Waals surface area contributed by atoms with Crippen LogP contribution in [-0.4, -0.2) is 11.8 Å². The average molecular weight is 383 g/mol. The van der Waals surface area contributed by atoms with E-state index in [0.29, 0.717) is 16.5 Å². The van der Waals surface area contributed by atoms with Crippen molar-refractivity contribution in [2.45, 2.75) is 57.3 Å². The second-order valence-corrected chi connectivity index (χ2v) is 9.13. The molecule has 0 radical (unpaired) electrons. The van der Waals surface area contributed by atoms with Crippen LogP contribution in [0.2, 0.25) is 0 Å². The fourth-order valence-corrected chi connectivity index (χ4v) is 6.12. The Balaban J connectivity index is 1.69. The summed E-state index contributed by atoms with van der Waals surface area (Å²) in [6.45, 7) is 2.23. The quantitative estimate of drug-likeness (QED) is 0.821. The van der Waals surface area contributed by atoms with E-state index in [2.05, 4.69) is 12.2 Å². The molecule has 1 aromatic carbocycles. The van der Waals surface area contributed by atoms with Gasteiger partial charge in [-0.05, 0) is 49.1 Å². The number of benzene rings is 1. The lowest BCUT2D eigenvalue weighted by Gasteiger charge is -2.28. The van der Waals surface area contributed by atoms with Gasteiger partial charge in [0.15, 0.2) is 0 Å². The molecule has 27 heavy (non-hydrogen) atoms. The smallest absolute Gasteiger partial charge is 0.251 e. The molecule has 5 heteroatoms. The zero-order valence-corrected chi connectivity index (χ0v) is 16.5. The summed E-state index contributed by atoms with van der Waals surface area (Å²) in [5, 5.41) is 3.77. The maximum atomic E-state index is 13.4. The second-order valence-electron chi connectivity index (χ2n) is 8.03. The molecular weight excluding hydrogens is 356 g/mol. The lowest BCUT2D eigenvalue weighted by Crippen LogP contribution is -2.38. The molecule has 1 aromatic heterocycles. The minimum atomic E-state index is -0.506. The van der Waals surface area contributed by atoms with Crippen molar-refractivity contribution >= 4 is 28.2 Å². The average Bonchev–Trinajstić information content (AvgIpc) is 3.27. The van der Waals surface area contributed by atoms with E-state index < -0.39 is 11.3 Å². The standard InChI is InChI=1S/C22H26N2O2S/c1-14-9-10-16-17(13-14)27-20(18(16)19(23)25)24-21(26)22(11-5-6-12-22)15-7-3-2-4-8-15/h2-4,7-8,14H,5-6,9-13H2,1H3,(H2,23,25)(H,24,26)/t14-/m1/s1. The summed E-state index contributed by atoms with van der Waals surface area (Å²) in [6.07, 6.45) is 6.66. The Morgan fingerprint density at radius 1 is 1.19 bits per heavy atom. The Labute approximate surface area is 164 Å². The van der Waals surface area contributed by atoms with Gasteiger partial charge in [0.25, 0.3) is 5.91 Å². The number of nitrogens with two attached hydrogens (primary N) is 1. The summed E-state index contributed by atoms with van der Waals surface area (Å²) in [5.74, 6) is 0.170. The predicted molar refractivity (Wildman–Crippen MR) is 109 cm³/mol. The molecule has 4 rings (SSSR count). The van der Waals surface area contributed by atoms with Crippen molar-refractivity contribution in [1.29, 1.82) is 0 Å². The Morgan fingerprint density at radius 2 is 1.89 bits per heavy atom. The lowest BCUT2D eigenvalue weighted by atomic mass is 9.78. The van der Waals surface area contributed by atoms with E-state index in [1.54, 1.807) is 11.3 Å². The van der Waals surface area contributed by atoms with Gasteiger partial charge in [-0.25, -0.2) is 0 Å². The van der Waals surface area contributed by atoms with Gasteiger partial charge in [-0.3, -0.25) is 9.59 Å². The summed E-state index contributed by atoms with van der Waals surface area (Å²) in [5.41, 5.74) is 7.86. The van der Waals surface area contributed by atoms with Gasteiger partial charge < -0.3 is 11.1 Å². The largest absolute Gasteiger partial charge is 0.365 e. The number of primary amides is 1. The number of nitrogens with one attached hydrogen (secondary N) is 1. The minimum absolute atomic E-state index is 0.000320. The first-order chi connectivity index (χ1) is 13.0. The summed E-state index contributed by atoms with van der Waals surface area (Å²) < 4.78 is 0. The van der Waals surface area contributed by atoms with Crippen LogP contribution in [0.3, 0.4) is 0 Å². The number of carbonyl (C=O) groups is 2. The molecule has 142 valence electrons. The number of hydrogen-bond acceptors (Lipinski definition) is 3. The summed E-state index contributed by atoms with van der Waals surface area (Å²) in [7, 11) is 0. The zero-order valence-electron chi connectivity index (χ0n) is 15.7. The number of fused-ring (bicyclic) bond motifs is 1. The third kappa shape index (κ3) is 3.18. The Hall–Kier alpha value is -2.14. The third-order valence-electron chi connectivity index (χ3n) is 6.20. The van der Waals surface area contributed by atoms with Crippen LogP contribution in [0.1, 0.15) is 65.4 Å². The van der Waals surface area contributed by atoms with Gasteiger partial charge >= 0.3 is 0 Å². The maximum absolute atomic E-state index is 13.4. The van der Waals surface area contributed by atoms with E-state index >= 15 is 0 Å². The molecule has 0 bridgehead atoms. The van der Waals surface area contributed by atoms with Crippen LogP contribution in [-0.2, 0) is 23.1 Å². The monoisotopic (exact) mass is 382 g/mol. The van der Waals surface area contributed by atoms with Gasteiger partial charge in [-0.15, -0.1) is 11.3 Å². The van der Waals surface area contributed by atoms with E-state index in [9.17, 15) is 9.59 Å². The topological polar surface area (TPSA) is 72.2 Å². The Morgan fingerprint density at radius 3 is 2.56 bits per heavy atom. The van der Waals surface area contributed by atoms with Crippen LogP contribution in [0, 0.1) is 5.92 Å². The summed E-state index contributed by atoms with van der Waals surface area (Å²) >= 11 is 1.54. The molecule has 4 nitrogen and oxygen atoms in total. The Kier molecular flexibility index (Phi) is 4.81. The molecule has 1 atom stereocenters. The molecular formula is C22H26N2O2S. The van der Waals surface area contributed by atoms with E-state index in [0.717, 1.165) is 56.1 Å². The summed E-state index contributed by atoms with van der Waals surface area (Å²) in [4.78, 5) is 26.8. The summed E-state index contributed by atoms with van der Waals surface area (Å²) in [6, 6.07) is 10.0. The van der Waals surface area contributed by atoms with Crippen LogP contribution < -0.4 is 11.1 Å². The lowest BCUT2D eigenvalue weighted by molar-refractivity contribution is -0.121. The third-order valence-corrected chi connectivity index (χ3v) is 7.37. The van der Waals surface area contributed by atoms with Crippen LogP contribution in [0.15, 0.2) is 30.3 Å². The van der Waals surface area contributed by atoms with Crippen LogP contribution in [0.5, 0.6) is 0 Å². The van der Waals surface area contributed by atoms with E-state index in [1.165, 1.54) is 4.88 Å². The first-order valence-electron chi connectivity index (χ1n) is 9.82. The fraction of sp³-hybridized carbons (Fsp3) is 0.455. The van der Waals surface area contributed by atoms with E-state index in [1.807, 2.05) is 30.3 Å². The molecule has 0 spiro atoms. The molecule has 3 N–H and O–H groups in total. The minimum Gasteiger partial charge on any atom is -0.365 e. The second kappa shape index (κ2) is 7.12. The first-order valence-corrected chi connectivity index (χ1v) is 10.6. The van der Waals surface area contributed by atoms with Crippen LogP contribution >= 0.6 is 11.3 Å². The highest BCUT2D eigenvalue weighted by Crippen LogP contribution is 2.44. The number of rotatable bonds is 4. The predicted octanol–water partition coefficient (Wildman–Crippen LogP) is 4.42. The highest BCUT2D eigenvalue weighted by molar-refractivity contribution is 7.17. The molecule has 2 amide bonds. The first kappa shape index (κ1) is 18.2. The highest BCUT2D eigenvalue weighted by atomic mass is 32.1. The molecule has 1 saturated carbocycles. The van der Waals surface area contributed by atoms with Gasteiger partial charge in [-0.2, -0.15) is 0 Å². The highest BCUT2D eigenvalue weighted by Gasteiger charge is 2.43. The van der Waals surface area contributed by atoms with E-state index in [4.69, 9.17) is 5.73 Å². The van der Waals surface area contributed by atoms with Gasteiger partial charge in [-0.1, -0.05) is 50.1 Å². The van der Waals surface area contributed by atoms with Crippen molar-refractivity contribution in [3.8, 4) is 0 Å². The molecule has 2 aliphatic carbocycles. The molecule has 0 saturated heterocycles. The van der Waals surface area contributed by atoms with Gasteiger partial charge in [0.2, 0.25) is 5.91 Å². The van der Waals surface area contributed by atoms with Crippen molar-refractivity contribution in [2.24, 2.45) is 11.7 Å². The molecule has 1 fully saturated rings. The van der Waals surface area contributed by atoms with Crippen molar-refractivity contribution < 1.29 is 9.59 Å². The van der Waals surface area contributed by atoms with Crippen molar-refractivity contribution in [1.82, 2.24) is 0 Å². The number of anilines is 1. The fourth-order valence-electron chi connectivity index (χ4n) is 4.70. The Bertz CT molecular complexity index is 866.